The molecule has 1 unspecified atom stereocenters. The van der Waals surface area contributed by atoms with Crippen molar-refractivity contribution < 1.29 is 0 Å². The largest absolute Gasteiger partial charge is 0.370 e. The molecule has 3 aliphatic rings. The highest BCUT2D eigenvalue weighted by Gasteiger charge is 2.31. The van der Waals surface area contributed by atoms with Crippen molar-refractivity contribution in [2.24, 2.45) is 10.7 Å². The van der Waals surface area contributed by atoms with Crippen LogP contribution in [0.4, 0.5) is 0 Å². The molecular formula is C14H29N5. The van der Waals surface area contributed by atoms with E-state index in [1.54, 1.807) is 0 Å². The molecule has 5 heteroatoms. The average Bonchev–Trinajstić information content (AvgIpc) is 2.46. The zero-order valence-electron chi connectivity index (χ0n) is 12.3. The zero-order chi connectivity index (χ0) is 13.5. The first-order chi connectivity index (χ1) is 9.29. The van der Waals surface area contributed by atoms with Crippen molar-refractivity contribution in [1.29, 1.82) is 0 Å². The lowest BCUT2D eigenvalue weighted by atomic mass is 10.1. The first-order valence-corrected chi connectivity index (χ1v) is 7.80. The van der Waals surface area contributed by atoms with E-state index in [-0.39, 0.29) is 0 Å². The highest BCUT2D eigenvalue weighted by Crippen LogP contribution is 2.15. The zero-order valence-corrected chi connectivity index (χ0v) is 12.3. The van der Waals surface area contributed by atoms with Crippen molar-refractivity contribution in [3.63, 3.8) is 0 Å². The molecule has 0 aromatic rings. The maximum atomic E-state index is 5.91. The van der Waals surface area contributed by atoms with Crippen LogP contribution in [0, 0.1) is 0 Å². The van der Waals surface area contributed by atoms with E-state index in [0.717, 1.165) is 19.6 Å². The predicted molar refractivity (Wildman–Crippen MR) is 80.4 cm³/mol. The highest BCUT2D eigenvalue weighted by atomic mass is 15.3. The van der Waals surface area contributed by atoms with Gasteiger partial charge in [0.15, 0.2) is 5.96 Å². The number of fused-ring (bicyclic) bond motifs is 3. The number of nitrogens with two attached hydrogens (primary N) is 1. The Bertz CT molecular complexity index is 284. The number of unbranched alkanes of at least 4 members (excludes halogenated alkanes) is 3. The second-order valence-corrected chi connectivity index (χ2v) is 5.70. The lowest BCUT2D eigenvalue weighted by Gasteiger charge is -2.47. The van der Waals surface area contributed by atoms with Crippen LogP contribution >= 0.6 is 0 Å². The van der Waals surface area contributed by atoms with Gasteiger partial charge in [0.1, 0.15) is 0 Å². The molecule has 19 heavy (non-hydrogen) atoms. The van der Waals surface area contributed by atoms with E-state index in [0.29, 0.717) is 12.0 Å². The molecule has 0 aromatic carbocycles. The Labute approximate surface area is 117 Å². The van der Waals surface area contributed by atoms with Crippen molar-refractivity contribution in [3.05, 3.63) is 0 Å². The summed E-state index contributed by atoms with van der Waals surface area (Å²) in [7, 11) is 0. The third-order valence-electron chi connectivity index (χ3n) is 4.20. The standard InChI is InChI=1S/C14H29N5/c1-2-3-4-5-6-16-14(15)17-11-13-12-18-7-9-19(13)10-8-18/h13H,2-12H2,1H3,(H3,15,16,17). The van der Waals surface area contributed by atoms with Crippen LogP contribution in [0.1, 0.15) is 32.6 Å². The molecule has 3 heterocycles. The van der Waals surface area contributed by atoms with Gasteiger partial charge in [0, 0.05) is 45.3 Å². The monoisotopic (exact) mass is 267 g/mol. The molecule has 5 nitrogen and oxygen atoms in total. The number of nitrogens with zero attached hydrogens (tertiary/aromatic N) is 3. The summed E-state index contributed by atoms with van der Waals surface area (Å²) in [5.74, 6) is 0.620. The van der Waals surface area contributed by atoms with Gasteiger partial charge in [0.25, 0.3) is 0 Å². The SMILES string of the molecule is CCCCCCNC(N)=NCC1CN2CCN1CC2. The second kappa shape index (κ2) is 7.70. The molecule has 3 aliphatic heterocycles. The van der Waals surface area contributed by atoms with Crippen molar-refractivity contribution in [1.82, 2.24) is 15.1 Å². The van der Waals surface area contributed by atoms with E-state index < -0.39 is 0 Å². The van der Waals surface area contributed by atoms with Gasteiger partial charge in [-0.1, -0.05) is 26.2 Å². The minimum Gasteiger partial charge on any atom is -0.370 e. The van der Waals surface area contributed by atoms with Gasteiger partial charge in [-0.25, -0.2) is 0 Å². The van der Waals surface area contributed by atoms with Crippen LogP contribution in [0.3, 0.4) is 0 Å². The topological polar surface area (TPSA) is 56.9 Å². The van der Waals surface area contributed by atoms with Crippen LogP contribution in [-0.4, -0.2) is 67.6 Å². The van der Waals surface area contributed by atoms with Crippen molar-refractivity contribution in [3.8, 4) is 0 Å². The molecule has 0 aliphatic carbocycles. The molecule has 3 saturated heterocycles. The molecule has 3 N–H and O–H groups in total. The van der Waals surface area contributed by atoms with Gasteiger partial charge in [0.2, 0.25) is 0 Å². The van der Waals surface area contributed by atoms with E-state index in [1.807, 2.05) is 0 Å². The molecule has 3 rings (SSSR count). The molecule has 0 saturated carbocycles. The number of guanidine groups is 1. The fraction of sp³-hybridized carbons (Fsp3) is 0.929. The first kappa shape index (κ1) is 14.6. The summed E-state index contributed by atoms with van der Waals surface area (Å²) in [4.78, 5) is 9.59. The van der Waals surface area contributed by atoms with Gasteiger partial charge in [-0.05, 0) is 6.42 Å². The number of hydrogen-bond acceptors (Lipinski definition) is 3. The number of aliphatic imine (C=N–C) groups is 1. The van der Waals surface area contributed by atoms with Crippen LogP contribution in [0.2, 0.25) is 0 Å². The number of nitrogens with one attached hydrogen (secondary N) is 1. The van der Waals surface area contributed by atoms with E-state index in [2.05, 4.69) is 27.0 Å². The van der Waals surface area contributed by atoms with Crippen molar-refractivity contribution in [2.45, 2.75) is 38.6 Å². The molecule has 0 radical (unpaired) electrons. The Kier molecular flexibility index (Phi) is 5.92. The van der Waals surface area contributed by atoms with Crippen LogP contribution in [0.15, 0.2) is 4.99 Å². The van der Waals surface area contributed by atoms with Gasteiger partial charge in [0.05, 0.1) is 6.54 Å². The third kappa shape index (κ3) is 4.66. The number of rotatable bonds is 7. The lowest BCUT2D eigenvalue weighted by Crippen LogP contribution is -2.61. The van der Waals surface area contributed by atoms with Crippen LogP contribution in [0.25, 0.3) is 0 Å². The van der Waals surface area contributed by atoms with Crippen LogP contribution in [0.5, 0.6) is 0 Å². The summed E-state index contributed by atoms with van der Waals surface area (Å²) >= 11 is 0. The molecule has 0 spiro atoms. The van der Waals surface area contributed by atoms with Gasteiger partial charge < -0.3 is 11.1 Å². The molecule has 0 amide bonds. The maximum Gasteiger partial charge on any atom is 0.188 e. The Morgan fingerprint density at radius 2 is 2.00 bits per heavy atom. The summed E-state index contributed by atoms with van der Waals surface area (Å²) in [5.41, 5.74) is 5.91. The van der Waals surface area contributed by atoms with Crippen LogP contribution in [-0.2, 0) is 0 Å². The van der Waals surface area contributed by atoms with Gasteiger partial charge in [-0.15, -0.1) is 0 Å². The van der Waals surface area contributed by atoms with Crippen LogP contribution < -0.4 is 11.1 Å². The molecule has 1 atom stereocenters. The Morgan fingerprint density at radius 3 is 2.63 bits per heavy atom. The minimum atomic E-state index is 0.572. The van der Waals surface area contributed by atoms with Crippen molar-refractivity contribution >= 4 is 5.96 Å². The molecule has 0 aromatic heterocycles. The normalized spacial score (nSPS) is 30.6. The second-order valence-electron chi connectivity index (χ2n) is 5.70. The van der Waals surface area contributed by atoms with E-state index >= 15 is 0 Å². The fourth-order valence-electron chi connectivity index (χ4n) is 2.93. The molecular weight excluding hydrogens is 238 g/mol. The van der Waals surface area contributed by atoms with Gasteiger partial charge in [-0.3, -0.25) is 14.8 Å². The average molecular weight is 267 g/mol. The predicted octanol–water partition coefficient (Wildman–Crippen LogP) is 0.471. The third-order valence-corrected chi connectivity index (χ3v) is 4.20. The molecule has 110 valence electrons. The highest BCUT2D eigenvalue weighted by molar-refractivity contribution is 5.77. The molecule has 3 fully saturated rings. The van der Waals surface area contributed by atoms with Gasteiger partial charge >= 0.3 is 0 Å². The minimum absolute atomic E-state index is 0.572. The smallest absolute Gasteiger partial charge is 0.188 e. The number of piperazine rings is 3. The quantitative estimate of drug-likeness (QED) is 0.400. The maximum absolute atomic E-state index is 5.91. The summed E-state index contributed by atoms with van der Waals surface area (Å²) in [6.45, 7) is 10.0. The van der Waals surface area contributed by atoms with Gasteiger partial charge in [-0.2, -0.15) is 0 Å². The number of hydrogen-bond donors (Lipinski definition) is 2. The fourth-order valence-corrected chi connectivity index (χ4v) is 2.93. The molecule has 2 bridgehead atoms. The van der Waals surface area contributed by atoms with E-state index in [4.69, 9.17) is 5.73 Å². The van der Waals surface area contributed by atoms with E-state index in [9.17, 15) is 0 Å². The summed E-state index contributed by atoms with van der Waals surface area (Å²) in [5, 5.41) is 3.22. The summed E-state index contributed by atoms with van der Waals surface area (Å²) < 4.78 is 0. The Hall–Kier alpha value is -0.810. The van der Waals surface area contributed by atoms with E-state index in [1.165, 1.54) is 51.9 Å². The summed E-state index contributed by atoms with van der Waals surface area (Å²) in [6, 6.07) is 0.572. The van der Waals surface area contributed by atoms with Crippen molar-refractivity contribution in [2.75, 3.05) is 45.8 Å². The Morgan fingerprint density at radius 1 is 1.21 bits per heavy atom. The Balaban J connectivity index is 1.61. The summed E-state index contributed by atoms with van der Waals surface area (Å²) in [6.07, 6.45) is 5.05. The lowest BCUT2D eigenvalue weighted by molar-refractivity contribution is 0.0174. The first-order valence-electron chi connectivity index (χ1n) is 7.80.